The maximum absolute atomic E-state index is 9.89. The number of aliphatic carboxylic acids is 1. The monoisotopic (exact) mass is 134 g/mol. The Morgan fingerprint density at radius 1 is 1.88 bits per heavy atom. The molecule has 0 aliphatic carbocycles. The molecule has 0 heterocycles. The van der Waals surface area contributed by atoms with Crippen molar-refractivity contribution >= 4 is 17.6 Å². The summed E-state index contributed by atoms with van der Waals surface area (Å²) in [4.78, 5) is 9.89. The lowest BCUT2D eigenvalue weighted by Gasteiger charge is -1.84. The van der Waals surface area contributed by atoms with Crippen LogP contribution in [0.1, 0.15) is 13.3 Å². The largest absolute Gasteiger partial charge is 0.477 e. The Morgan fingerprint density at radius 3 is 2.50 bits per heavy atom. The molecule has 0 atom stereocenters. The van der Waals surface area contributed by atoms with Crippen LogP contribution in [0.3, 0.4) is 0 Å². The molecule has 2 nitrogen and oxygen atoms in total. The molecule has 0 aromatic carbocycles. The lowest BCUT2D eigenvalue weighted by Crippen LogP contribution is -1.92. The van der Waals surface area contributed by atoms with Gasteiger partial charge in [0, 0.05) is 0 Å². The molecule has 0 fully saturated rings. The highest BCUT2D eigenvalue weighted by Gasteiger charge is 1.98. The smallest absolute Gasteiger partial charge is 0.346 e. The maximum Gasteiger partial charge on any atom is 0.346 e. The fourth-order valence-electron chi connectivity index (χ4n) is 0.267. The average Bonchev–Trinajstić information content (AvgIpc) is 1.67. The van der Waals surface area contributed by atoms with Crippen molar-refractivity contribution in [2.24, 2.45) is 0 Å². The first-order chi connectivity index (χ1) is 3.68. The second kappa shape index (κ2) is 3.50. The molecule has 0 bridgehead atoms. The molecule has 0 amide bonds. The van der Waals surface area contributed by atoms with E-state index in [4.69, 9.17) is 16.7 Å². The van der Waals surface area contributed by atoms with Gasteiger partial charge < -0.3 is 5.11 Å². The third-order valence-corrected chi connectivity index (χ3v) is 0.904. The van der Waals surface area contributed by atoms with E-state index in [1.54, 1.807) is 0 Å². The number of hydrogen-bond acceptors (Lipinski definition) is 1. The molecule has 0 radical (unpaired) electrons. The van der Waals surface area contributed by atoms with Crippen molar-refractivity contribution < 1.29 is 9.90 Å². The summed E-state index contributed by atoms with van der Waals surface area (Å²) < 4.78 is 0. The Morgan fingerprint density at radius 2 is 2.38 bits per heavy atom. The van der Waals surface area contributed by atoms with E-state index in [0.717, 1.165) is 0 Å². The quantitative estimate of drug-likeness (QED) is 0.583. The fourth-order valence-corrected chi connectivity index (χ4v) is 0.421. The van der Waals surface area contributed by atoms with Crippen LogP contribution < -0.4 is 0 Å². The minimum Gasteiger partial charge on any atom is -0.477 e. The van der Waals surface area contributed by atoms with Crippen LogP contribution in [0.25, 0.3) is 0 Å². The summed E-state index contributed by atoms with van der Waals surface area (Å²) in [6, 6.07) is 0. The SMILES string of the molecule is CC/C=C(/Cl)C(=O)O. The lowest BCUT2D eigenvalue weighted by molar-refractivity contribution is -0.131. The fraction of sp³-hybridized carbons (Fsp3) is 0.400. The van der Waals surface area contributed by atoms with Crippen molar-refractivity contribution in [3.05, 3.63) is 11.1 Å². The van der Waals surface area contributed by atoms with Crippen LogP contribution in [0.5, 0.6) is 0 Å². The van der Waals surface area contributed by atoms with Crippen LogP contribution in [0, 0.1) is 0 Å². The second-order valence-electron chi connectivity index (χ2n) is 1.27. The van der Waals surface area contributed by atoms with E-state index in [0.29, 0.717) is 6.42 Å². The summed E-state index contributed by atoms with van der Waals surface area (Å²) in [5, 5.41) is 8.01. The summed E-state index contributed by atoms with van der Waals surface area (Å²) in [5.41, 5.74) is 0. The van der Waals surface area contributed by atoms with Gasteiger partial charge in [0.15, 0.2) is 0 Å². The predicted octanol–water partition coefficient (Wildman–Crippen LogP) is 1.60. The molecule has 0 saturated carbocycles. The van der Waals surface area contributed by atoms with E-state index in [9.17, 15) is 4.79 Å². The van der Waals surface area contributed by atoms with Gasteiger partial charge in [0.25, 0.3) is 0 Å². The van der Waals surface area contributed by atoms with Crippen molar-refractivity contribution in [1.29, 1.82) is 0 Å². The van der Waals surface area contributed by atoms with Crippen LogP contribution in [0.15, 0.2) is 11.1 Å². The Balaban J connectivity index is 3.80. The molecule has 0 unspecified atom stereocenters. The average molecular weight is 135 g/mol. The van der Waals surface area contributed by atoms with Crippen molar-refractivity contribution in [3.8, 4) is 0 Å². The van der Waals surface area contributed by atoms with E-state index in [1.165, 1.54) is 6.08 Å². The highest BCUT2D eigenvalue weighted by molar-refractivity contribution is 6.40. The number of halogens is 1. The van der Waals surface area contributed by atoms with Crippen LogP contribution in [0.4, 0.5) is 0 Å². The Bertz CT molecular complexity index is 118. The van der Waals surface area contributed by atoms with Gasteiger partial charge in [0.2, 0.25) is 0 Å². The normalized spacial score (nSPS) is 11.5. The molecular weight excluding hydrogens is 128 g/mol. The predicted molar refractivity (Wildman–Crippen MR) is 31.9 cm³/mol. The van der Waals surface area contributed by atoms with Crippen molar-refractivity contribution in [3.63, 3.8) is 0 Å². The van der Waals surface area contributed by atoms with E-state index in [-0.39, 0.29) is 5.03 Å². The summed E-state index contributed by atoms with van der Waals surface area (Å²) in [7, 11) is 0. The number of carbonyl (C=O) groups is 1. The van der Waals surface area contributed by atoms with Gasteiger partial charge in [-0.1, -0.05) is 24.6 Å². The summed E-state index contributed by atoms with van der Waals surface area (Å²) in [6.07, 6.45) is 2.11. The standard InChI is InChI=1S/C5H7ClO2/c1-2-3-4(6)5(7)8/h3H,2H2,1H3,(H,7,8)/b4-3+. The molecule has 0 aliphatic rings. The zero-order chi connectivity index (χ0) is 6.57. The molecule has 3 heteroatoms. The van der Waals surface area contributed by atoms with Crippen LogP contribution in [-0.2, 0) is 4.79 Å². The number of rotatable bonds is 2. The van der Waals surface area contributed by atoms with Crippen molar-refractivity contribution in [1.82, 2.24) is 0 Å². The number of hydrogen-bond donors (Lipinski definition) is 1. The summed E-state index contributed by atoms with van der Waals surface area (Å²) in [6.45, 7) is 1.82. The lowest BCUT2D eigenvalue weighted by atomic mass is 10.4. The minimum absolute atomic E-state index is 0.104. The van der Waals surface area contributed by atoms with Crippen LogP contribution >= 0.6 is 11.6 Å². The summed E-state index contributed by atoms with van der Waals surface area (Å²) in [5.74, 6) is -1.06. The van der Waals surface area contributed by atoms with Gasteiger partial charge in [-0.3, -0.25) is 0 Å². The molecule has 1 N–H and O–H groups in total. The highest BCUT2D eigenvalue weighted by Crippen LogP contribution is 2.00. The van der Waals surface area contributed by atoms with Gasteiger partial charge in [-0.05, 0) is 6.42 Å². The first-order valence-electron chi connectivity index (χ1n) is 2.27. The first-order valence-corrected chi connectivity index (χ1v) is 2.65. The van der Waals surface area contributed by atoms with Gasteiger partial charge in [-0.15, -0.1) is 0 Å². The molecule has 46 valence electrons. The molecule has 0 aliphatic heterocycles. The third kappa shape index (κ3) is 2.64. The zero-order valence-electron chi connectivity index (χ0n) is 4.52. The number of carboxylic acid groups (broad SMARTS) is 1. The first kappa shape index (κ1) is 7.50. The minimum atomic E-state index is -1.06. The maximum atomic E-state index is 9.89. The number of allylic oxidation sites excluding steroid dienone is 1. The molecule has 0 aromatic rings. The topological polar surface area (TPSA) is 37.3 Å². The van der Waals surface area contributed by atoms with Crippen molar-refractivity contribution in [2.75, 3.05) is 0 Å². The Hall–Kier alpha value is -0.500. The second-order valence-corrected chi connectivity index (χ2v) is 1.67. The Labute approximate surface area is 52.8 Å². The number of carboxylic acids is 1. The van der Waals surface area contributed by atoms with E-state index >= 15 is 0 Å². The van der Waals surface area contributed by atoms with Gasteiger partial charge in [0.05, 0.1) is 0 Å². The van der Waals surface area contributed by atoms with Gasteiger partial charge in [-0.2, -0.15) is 0 Å². The van der Waals surface area contributed by atoms with E-state index < -0.39 is 5.97 Å². The molecule has 0 spiro atoms. The summed E-state index contributed by atoms with van der Waals surface area (Å²) >= 11 is 5.18. The van der Waals surface area contributed by atoms with Crippen LogP contribution in [-0.4, -0.2) is 11.1 Å². The molecule has 0 aromatic heterocycles. The zero-order valence-corrected chi connectivity index (χ0v) is 5.27. The molecule has 0 saturated heterocycles. The van der Waals surface area contributed by atoms with Gasteiger partial charge in [0.1, 0.15) is 5.03 Å². The van der Waals surface area contributed by atoms with Crippen molar-refractivity contribution in [2.45, 2.75) is 13.3 Å². The van der Waals surface area contributed by atoms with E-state index in [1.807, 2.05) is 6.92 Å². The molecule has 0 rings (SSSR count). The molecular formula is C5H7ClO2. The Kier molecular flexibility index (Phi) is 3.28. The van der Waals surface area contributed by atoms with Gasteiger partial charge >= 0.3 is 5.97 Å². The molecule has 8 heavy (non-hydrogen) atoms. The third-order valence-electron chi connectivity index (χ3n) is 0.588. The van der Waals surface area contributed by atoms with E-state index in [2.05, 4.69) is 0 Å². The van der Waals surface area contributed by atoms with Crippen LogP contribution in [0.2, 0.25) is 0 Å². The van der Waals surface area contributed by atoms with Gasteiger partial charge in [-0.25, -0.2) is 4.79 Å². The highest BCUT2D eigenvalue weighted by atomic mass is 35.5.